The van der Waals surface area contributed by atoms with Crippen LogP contribution >= 0.6 is 0 Å². The predicted molar refractivity (Wildman–Crippen MR) is 57.1 cm³/mol. The molecule has 1 aliphatic rings. The van der Waals surface area contributed by atoms with Gasteiger partial charge in [0.15, 0.2) is 0 Å². The second-order valence-electron chi connectivity index (χ2n) is 4.57. The van der Waals surface area contributed by atoms with E-state index in [9.17, 15) is 5.11 Å². The van der Waals surface area contributed by atoms with Gasteiger partial charge in [-0.25, -0.2) is 0 Å². The van der Waals surface area contributed by atoms with Gasteiger partial charge in [0.1, 0.15) is 0 Å². The van der Waals surface area contributed by atoms with Crippen molar-refractivity contribution in [3.05, 3.63) is 35.4 Å². The number of β-amino-alcohol motifs (C(OH)–C–C–N with tert-alkyl or cyclic N) is 1. The van der Waals surface area contributed by atoms with Gasteiger partial charge in [-0.1, -0.05) is 24.3 Å². The van der Waals surface area contributed by atoms with Gasteiger partial charge < -0.3 is 5.11 Å². The number of hydrogen-bond acceptors (Lipinski definition) is 2. The molecule has 0 radical (unpaired) electrons. The molecule has 0 spiro atoms. The van der Waals surface area contributed by atoms with Crippen LogP contribution in [0.3, 0.4) is 0 Å². The van der Waals surface area contributed by atoms with E-state index in [2.05, 4.69) is 36.1 Å². The molecule has 1 aromatic carbocycles. The first-order valence-electron chi connectivity index (χ1n) is 5.06. The maximum Gasteiger partial charge on any atom is 0.0872 e. The van der Waals surface area contributed by atoms with Gasteiger partial charge in [0.25, 0.3) is 0 Å². The lowest BCUT2D eigenvalue weighted by Crippen LogP contribution is -2.59. The lowest BCUT2D eigenvalue weighted by Gasteiger charge is -2.44. The number of rotatable bonds is 2. The van der Waals surface area contributed by atoms with Gasteiger partial charge in [-0.15, -0.1) is 0 Å². The molecule has 1 saturated heterocycles. The van der Waals surface area contributed by atoms with E-state index in [1.54, 1.807) is 0 Å². The molecule has 76 valence electrons. The molecular weight excluding hydrogens is 174 g/mol. The SMILES string of the molecule is Cc1ccccc1CN1CC(C)(O)C1. The van der Waals surface area contributed by atoms with E-state index < -0.39 is 5.60 Å². The molecule has 2 rings (SSSR count). The van der Waals surface area contributed by atoms with Crippen LogP contribution in [0.5, 0.6) is 0 Å². The van der Waals surface area contributed by atoms with Crippen LogP contribution in [0.15, 0.2) is 24.3 Å². The summed E-state index contributed by atoms with van der Waals surface area (Å²) in [6.45, 7) is 6.57. The standard InChI is InChI=1S/C12H17NO/c1-10-5-3-4-6-11(10)7-13-8-12(2,14)9-13/h3-6,14H,7-9H2,1-2H3. The second kappa shape index (κ2) is 3.37. The molecular formula is C12H17NO. The van der Waals surface area contributed by atoms with Gasteiger partial charge in [0.2, 0.25) is 0 Å². The Kier molecular flexibility index (Phi) is 2.33. The van der Waals surface area contributed by atoms with Gasteiger partial charge in [0.05, 0.1) is 5.60 Å². The molecule has 0 aliphatic carbocycles. The van der Waals surface area contributed by atoms with Crippen molar-refractivity contribution in [1.29, 1.82) is 0 Å². The van der Waals surface area contributed by atoms with Crippen LogP contribution < -0.4 is 0 Å². The third-order valence-electron chi connectivity index (χ3n) is 2.78. The minimum absolute atomic E-state index is 0.456. The normalized spacial score (nSPS) is 20.5. The molecule has 1 aromatic rings. The van der Waals surface area contributed by atoms with Crippen LogP contribution in [0.25, 0.3) is 0 Å². The van der Waals surface area contributed by atoms with E-state index in [1.807, 2.05) is 6.92 Å². The fourth-order valence-corrected chi connectivity index (χ4v) is 2.06. The highest BCUT2D eigenvalue weighted by Crippen LogP contribution is 2.22. The largest absolute Gasteiger partial charge is 0.388 e. The summed E-state index contributed by atoms with van der Waals surface area (Å²) in [5.41, 5.74) is 2.24. The van der Waals surface area contributed by atoms with E-state index in [-0.39, 0.29) is 0 Å². The molecule has 1 heterocycles. The number of aryl methyl sites for hydroxylation is 1. The fourth-order valence-electron chi connectivity index (χ4n) is 2.06. The Balaban J connectivity index is 1.97. The van der Waals surface area contributed by atoms with Crippen molar-refractivity contribution in [3.63, 3.8) is 0 Å². The lowest BCUT2D eigenvalue weighted by molar-refractivity contribution is -0.0871. The topological polar surface area (TPSA) is 23.5 Å². The Hall–Kier alpha value is -0.860. The van der Waals surface area contributed by atoms with Crippen LogP contribution in [-0.4, -0.2) is 28.7 Å². The van der Waals surface area contributed by atoms with Crippen molar-refractivity contribution >= 4 is 0 Å². The average Bonchev–Trinajstić information content (AvgIpc) is 2.05. The maximum absolute atomic E-state index is 9.59. The van der Waals surface area contributed by atoms with Crippen molar-refractivity contribution in [2.75, 3.05) is 13.1 Å². The van der Waals surface area contributed by atoms with Gasteiger partial charge in [-0.05, 0) is 25.0 Å². The van der Waals surface area contributed by atoms with E-state index in [0.29, 0.717) is 0 Å². The lowest BCUT2D eigenvalue weighted by atomic mass is 9.95. The smallest absolute Gasteiger partial charge is 0.0872 e. The molecule has 0 unspecified atom stereocenters. The molecule has 1 fully saturated rings. The summed E-state index contributed by atoms with van der Waals surface area (Å²) in [5, 5.41) is 9.59. The molecule has 0 atom stereocenters. The predicted octanol–water partition coefficient (Wildman–Crippen LogP) is 1.56. The molecule has 2 nitrogen and oxygen atoms in total. The first kappa shape index (κ1) is 9.69. The molecule has 2 heteroatoms. The number of nitrogens with zero attached hydrogens (tertiary/aromatic N) is 1. The maximum atomic E-state index is 9.59. The Morgan fingerprint density at radius 2 is 2.00 bits per heavy atom. The summed E-state index contributed by atoms with van der Waals surface area (Å²) in [7, 11) is 0. The van der Waals surface area contributed by atoms with Gasteiger partial charge in [-0.3, -0.25) is 4.90 Å². The van der Waals surface area contributed by atoms with Gasteiger partial charge in [0, 0.05) is 19.6 Å². The Bertz CT molecular complexity index is 325. The van der Waals surface area contributed by atoms with Crippen LogP contribution in [-0.2, 0) is 6.54 Å². The van der Waals surface area contributed by atoms with Crippen molar-refractivity contribution in [1.82, 2.24) is 4.90 Å². The number of hydrogen-bond donors (Lipinski definition) is 1. The second-order valence-corrected chi connectivity index (χ2v) is 4.57. The number of aliphatic hydroxyl groups is 1. The zero-order valence-corrected chi connectivity index (χ0v) is 8.83. The van der Waals surface area contributed by atoms with Crippen molar-refractivity contribution in [2.24, 2.45) is 0 Å². The number of benzene rings is 1. The summed E-state index contributed by atoms with van der Waals surface area (Å²) < 4.78 is 0. The molecule has 0 aromatic heterocycles. The quantitative estimate of drug-likeness (QED) is 0.767. The summed E-state index contributed by atoms with van der Waals surface area (Å²) in [5.74, 6) is 0. The molecule has 0 amide bonds. The van der Waals surface area contributed by atoms with Crippen LogP contribution in [0.2, 0.25) is 0 Å². The van der Waals surface area contributed by atoms with E-state index in [4.69, 9.17) is 0 Å². The molecule has 1 N–H and O–H groups in total. The third kappa shape index (κ3) is 1.97. The Labute approximate surface area is 85.2 Å². The Morgan fingerprint density at radius 1 is 1.36 bits per heavy atom. The summed E-state index contributed by atoms with van der Waals surface area (Å²) in [6, 6.07) is 8.42. The summed E-state index contributed by atoms with van der Waals surface area (Å²) in [4.78, 5) is 2.27. The van der Waals surface area contributed by atoms with Crippen molar-refractivity contribution < 1.29 is 5.11 Å². The number of likely N-dealkylation sites (tertiary alicyclic amines) is 1. The monoisotopic (exact) mass is 191 g/mol. The Morgan fingerprint density at radius 3 is 2.57 bits per heavy atom. The molecule has 14 heavy (non-hydrogen) atoms. The zero-order valence-electron chi connectivity index (χ0n) is 8.83. The highest BCUT2D eigenvalue weighted by Gasteiger charge is 2.36. The summed E-state index contributed by atoms with van der Waals surface area (Å²) in [6.07, 6.45) is 0. The first-order chi connectivity index (χ1) is 6.57. The van der Waals surface area contributed by atoms with E-state index in [1.165, 1.54) is 11.1 Å². The molecule has 0 saturated carbocycles. The van der Waals surface area contributed by atoms with Gasteiger partial charge in [-0.2, -0.15) is 0 Å². The van der Waals surface area contributed by atoms with Crippen molar-refractivity contribution in [2.45, 2.75) is 26.0 Å². The third-order valence-corrected chi connectivity index (χ3v) is 2.78. The van der Waals surface area contributed by atoms with E-state index in [0.717, 1.165) is 19.6 Å². The van der Waals surface area contributed by atoms with Crippen LogP contribution in [0, 0.1) is 6.92 Å². The molecule has 0 bridgehead atoms. The van der Waals surface area contributed by atoms with E-state index >= 15 is 0 Å². The van der Waals surface area contributed by atoms with Crippen LogP contribution in [0.1, 0.15) is 18.1 Å². The highest BCUT2D eigenvalue weighted by molar-refractivity contribution is 5.25. The summed E-state index contributed by atoms with van der Waals surface area (Å²) >= 11 is 0. The van der Waals surface area contributed by atoms with Gasteiger partial charge >= 0.3 is 0 Å². The highest BCUT2D eigenvalue weighted by atomic mass is 16.3. The first-order valence-corrected chi connectivity index (χ1v) is 5.06. The minimum atomic E-state index is -0.456. The average molecular weight is 191 g/mol. The zero-order chi connectivity index (χ0) is 10.2. The van der Waals surface area contributed by atoms with Crippen molar-refractivity contribution in [3.8, 4) is 0 Å². The fraction of sp³-hybridized carbons (Fsp3) is 0.500. The van der Waals surface area contributed by atoms with Crippen LogP contribution in [0.4, 0.5) is 0 Å². The molecule has 1 aliphatic heterocycles. The minimum Gasteiger partial charge on any atom is -0.388 e.